The average Bonchev–Trinajstić information content (AvgIpc) is 2.62. The van der Waals surface area contributed by atoms with Gasteiger partial charge in [-0.2, -0.15) is 0 Å². The number of carbonyl (C=O) groups excluding carboxylic acids is 1. The van der Waals surface area contributed by atoms with Crippen LogP contribution in [0.5, 0.6) is 0 Å². The van der Waals surface area contributed by atoms with Crippen LogP contribution in [-0.4, -0.2) is 59.5 Å². The lowest BCUT2D eigenvalue weighted by Crippen LogP contribution is -2.23. The first-order valence-electron chi connectivity index (χ1n) is 7.93. The Hall–Kier alpha value is -1.98. The molecule has 28 heavy (non-hydrogen) atoms. The predicted octanol–water partition coefficient (Wildman–Crippen LogP) is 2.09. The van der Waals surface area contributed by atoms with E-state index in [0.29, 0.717) is 5.69 Å². The van der Waals surface area contributed by atoms with Gasteiger partial charge in [0.2, 0.25) is 20.0 Å². The summed E-state index contributed by atoms with van der Waals surface area (Å²) in [6.07, 6.45) is 0. The van der Waals surface area contributed by atoms with Crippen LogP contribution in [0, 0.1) is 0 Å². The van der Waals surface area contributed by atoms with Gasteiger partial charge in [-0.15, -0.1) is 0 Å². The molecule has 0 fully saturated rings. The molecule has 0 saturated carbocycles. The molecule has 0 heterocycles. The van der Waals surface area contributed by atoms with E-state index in [2.05, 4.69) is 5.32 Å². The van der Waals surface area contributed by atoms with E-state index in [-0.39, 0.29) is 20.4 Å². The highest BCUT2D eigenvalue weighted by atomic mass is 35.5. The monoisotopic (exact) mass is 445 g/mol. The molecule has 0 atom stereocenters. The topological polar surface area (TPSA) is 104 Å². The number of rotatable bonds is 6. The fourth-order valence-corrected chi connectivity index (χ4v) is 4.20. The molecule has 0 aliphatic rings. The summed E-state index contributed by atoms with van der Waals surface area (Å²) in [5.41, 5.74) is 0.314. The molecule has 0 aromatic heterocycles. The van der Waals surface area contributed by atoms with Gasteiger partial charge < -0.3 is 5.32 Å². The highest BCUT2D eigenvalue weighted by molar-refractivity contribution is 7.89. The van der Waals surface area contributed by atoms with Crippen molar-refractivity contribution in [1.29, 1.82) is 0 Å². The molecule has 0 aliphatic heterocycles. The molecule has 0 unspecified atom stereocenters. The summed E-state index contributed by atoms with van der Waals surface area (Å²) in [6.45, 7) is 0. The highest BCUT2D eigenvalue weighted by Gasteiger charge is 2.21. The molecular weight excluding hydrogens is 426 g/mol. The molecule has 1 N–H and O–H groups in total. The molecule has 1 amide bonds. The number of halogens is 1. The van der Waals surface area contributed by atoms with Crippen molar-refractivity contribution < 1.29 is 21.6 Å². The smallest absolute Gasteiger partial charge is 0.257 e. The minimum Gasteiger partial charge on any atom is -0.322 e. The maximum atomic E-state index is 12.5. The van der Waals surface area contributed by atoms with E-state index in [1.807, 2.05) is 0 Å². The number of carbonyl (C=O) groups is 1. The molecular formula is C17H20ClN3O5S2. The third-order valence-electron chi connectivity index (χ3n) is 3.85. The molecule has 2 aromatic carbocycles. The standard InChI is InChI=1S/C17H20ClN3O5S2/c1-20(2)27(23,24)13-7-5-12(6-8-13)19-17(22)15-11-14(9-10-16(15)18)28(25,26)21(3)4/h5-11H,1-4H3,(H,19,22). The maximum absolute atomic E-state index is 12.5. The molecule has 8 nitrogen and oxygen atoms in total. The third-order valence-corrected chi connectivity index (χ3v) is 7.82. The first-order chi connectivity index (χ1) is 12.9. The van der Waals surface area contributed by atoms with Crippen LogP contribution in [0.2, 0.25) is 5.02 Å². The zero-order valence-electron chi connectivity index (χ0n) is 15.7. The number of benzene rings is 2. The molecule has 2 rings (SSSR count). The number of amides is 1. The molecule has 0 aliphatic carbocycles. The van der Waals surface area contributed by atoms with Gasteiger partial charge in [-0.05, 0) is 42.5 Å². The highest BCUT2D eigenvalue weighted by Crippen LogP contribution is 2.24. The normalized spacial score (nSPS) is 12.4. The minimum atomic E-state index is -3.73. The molecule has 0 bridgehead atoms. The van der Waals surface area contributed by atoms with Crippen molar-refractivity contribution >= 4 is 43.2 Å². The number of hydrogen-bond donors (Lipinski definition) is 1. The number of anilines is 1. The van der Waals surface area contributed by atoms with Crippen LogP contribution in [0.3, 0.4) is 0 Å². The number of nitrogens with zero attached hydrogens (tertiary/aromatic N) is 2. The van der Waals surface area contributed by atoms with Gasteiger partial charge in [0.15, 0.2) is 0 Å². The second-order valence-electron chi connectivity index (χ2n) is 6.20. The van der Waals surface area contributed by atoms with E-state index in [1.165, 1.54) is 70.7 Å². The van der Waals surface area contributed by atoms with Crippen LogP contribution in [0.4, 0.5) is 5.69 Å². The van der Waals surface area contributed by atoms with Crippen molar-refractivity contribution in [2.45, 2.75) is 9.79 Å². The van der Waals surface area contributed by atoms with E-state index in [0.717, 1.165) is 8.61 Å². The Balaban J connectivity index is 2.31. The van der Waals surface area contributed by atoms with Crippen LogP contribution in [-0.2, 0) is 20.0 Å². The largest absolute Gasteiger partial charge is 0.322 e. The van der Waals surface area contributed by atoms with Gasteiger partial charge in [0.1, 0.15) is 0 Å². The quantitative estimate of drug-likeness (QED) is 0.733. The summed E-state index contributed by atoms with van der Waals surface area (Å²) in [4.78, 5) is 12.6. The van der Waals surface area contributed by atoms with Crippen molar-refractivity contribution in [2.24, 2.45) is 0 Å². The molecule has 0 saturated heterocycles. The lowest BCUT2D eigenvalue weighted by molar-refractivity contribution is 0.102. The van der Waals surface area contributed by atoms with Crippen molar-refractivity contribution in [3.8, 4) is 0 Å². The number of sulfonamides is 2. The SMILES string of the molecule is CN(C)S(=O)(=O)c1ccc(NC(=O)c2cc(S(=O)(=O)N(C)C)ccc2Cl)cc1. The van der Waals surface area contributed by atoms with Crippen LogP contribution in [0.25, 0.3) is 0 Å². The molecule has 0 radical (unpaired) electrons. The third kappa shape index (κ3) is 4.53. The summed E-state index contributed by atoms with van der Waals surface area (Å²) in [7, 11) is -1.71. The van der Waals surface area contributed by atoms with Crippen LogP contribution >= 0.6 is 11.6 Å². The zero-order chi connectivity index (χ0) is 21.3. The molecule has 0 spiro atoms. The summed E-state index contributed by atoms with van der Waals surface area (Å²) < 4.78 is 50.8. The lowest BCUT2D eigenvalue weighted by Gasteiger charge is -2.14. The van der Waals surface area contributed by atoms with Crippen LogP contribution in [0.15, 0.2) is 52.3 Å². The van der Waals surface area contributed by atoms with Gasteiger partial charge in [0.25, 0.3) is 5.91 Å². The fourth-order valence-electron chi connectivity index (χ4n) is 2.17. The first-order valence-corrected chi connectivity index (χ1v) is 11.2. The van der Waals surface area contributed by atoms with Gasteiger partial charge in [0, 0.05) is 33.9 Å². The number of nitrogens with one attached hydrogen (secondary N) is 1. The van der Waals surface area contributed by atoms with Crippen molar-refractivity contribution in [2.75, 3.05) is 33.5 Å². The second-order valence-corrected chi connectivity index (χ2v) is 10.9. The van der Waals surface area contributed by atoms with Gasteiger partial charge in [-0.3, -0.25) is 4.79 Å². The predicted molar refractivity (Wildman–Crippen MR) is 108 cm³/mol. The zero-order valence-corrected chi connectivity index (χ0v) is 18.1. The Morgan fingerprint density at radius 1 is 0.821 bits per heavy atom. The van der Waals surface area contributed by atoms with E-state index in [9.17, 15) is 21.6 Å². The summed E-state index contributed by atoms with van der Waals surface area (Å²) in [6, 6.07) is 9.43. The van der Waals surface area contributed by atoms with Crippen molar-refractivity contribution in [1.82, 2.24) is 8.61 Å². The van der Waals surface area contributed by atoms with E-state index >= 15 is 0 Å². The van der Waals surface area contributed by atoms with Gasteiger partial charge in [0.05, 0.1) is 20.4 Å². The first kappa shape index (κ1) is 22.3. The molecule has 11 heteroatoms. The average molecular weight is 446 g/mol. The molecule has 2 aromatic rings. The fraction of sp³-hybridized carbons (Fsp3) is 0.235. The van der Waals surface area contributed by atoms with Gasteiger partial charge in [-0.25, -0.2) is 25.4 Å². The molecule has 152 valence electrons. The number of hydrogen-bond acceptors (Lipinski definition) is 5. The Bertz CT molecular complexity index is 1100. The van der Waals surface area contributed by atoms with E-state index in [4.69, 9.17) is 11.6 Å². The van der Waals surface area contributed by atoms with Crippen molar-refractivity contribution in [3.05, 3.63) is 53.1 Å². The van der Waals surface area contributed by atoms with Gasteiger partial charge >= 0.3 is 0 Å². The minimum absolute atomic E-state index is 0.0189. The maximum Gasteiger partial charge on any atom is 0.257 e. The van der Waals surface area contributed by atoms with E-state index < -0.39 is 26.0 Å². The van der Waals surface area contributed by atoms with Crippen LogP contribution < -0.4 is 5.32 Å². The summed E-state index contributed by atoms with van der Waals surface area (Å²) in [5, 5.41) is 2.66. The summed E-state index contributed by atoms with van der Waals surface area (Å²) >= 11 is 6.05. The Labute approximate surface area is 169 Å². The summed E-state index contributed by atoms with van der Waals surface area (Å²) in [5.74, 6) is -0.621. The lowest BCUT2D eigenvalue weighted by atomic mass is 10.2. The van der Waals surface area contributed by atoms with E-state index in [1.54, 1.807) is 0 Å². The van der Waals surface area contributed by atoms with Gasteiger partial charge in [-0.1, -0.05) is 11.6 Å². The second kappa shape index (κ2) is 8.18. The van der Waals surface area contributed by atoms with Crippen molar-refractivity contribution in [3.63, 3.8) is 0 Å². The Kier molecular flexibility index (Phi) is 6.51. The Morgan fingerprint density at radius 2 is 1.29 bits per heavy atom. The van der Waals surface area contributed by atoms with Crippen LogP contribution in [0.1, 0.15) is 10.4 Å². The Morgan fingerprint density at radius 3 is 1.79 bits per heavy atom.